The minimum absolute atomic E-state index is 0.0999. The fourth-order valence-electron chi connectivity index (χ4n) is 3.79. The van der Waals surface area contributed by atoms with Gasteiger partial charge >= 0.3 is 0 Å². The molecule has 0 radical (unpaired) electrons. The van der Waals surface area contributed by atoms with E-state index in [4.69, 9.17) is 5.73 Å². The quantitative estimate of drug-likeness (QED) is 0.928. The molecule has 1 aromatic rings. The first-order valence-corrected chi connectivity index (χ1v) is 8.18. The summed E-state index contributed by atoms with van der Waals surface area (Å²) >= 11 is 0. The Balaban J connectivity index is 1.79. The normalized spacial score (nSPS) is 26.7. The van der Waals surface area contributed by atoms with Crippen LogP contribution in [-0.4, -0.2) is 43.2 Å². The number of anilines is 1. The summed E-state index contributed by atoms with van der Waals surface area (Å²) in [7, 11) is 0. The van der Waals surface area contributed by atoms with Gasteiger partial charge in [0.25, 0.3) is 0 Å². The third-order valence-corrected chi connectivity index (χ3v) is 4.94. The molecule has 2 heterocycles. The number of nitrogens with two attached hydrogens (primary N) is 1. The van der Waals surface area contributed by atoms with Gasteiger partial charge in [-0.15, -0.1) is 0 Å². The molecule has 3 rings (SSSR count). The first-order valence-electron chi connectivity index (χ1n) is 8.18. The molecule has 2 unspecified atom stereocenters. The summed E-state index contributed by atoms with van der Waals surface area (Å²) in [6.07, 6.45) is 4.60. The lowest BCUT2D eigenvalue weighted by Gasteiger charge is -2.48. The van der Waals surface area contributed by atoms with E-state index in [2.05, 4.69) is 16.7 Å². The highest BCUT2D eigenvalue weighted by Crippen LogP contribution is 2.30. The van der Waals surface area contributed by atoms with E-state index >= 15 is 0 Å². The van der Waals surface area contributed by atoms with Crippen molar-refractivity contribution < 1.29 is 4.39 Å². The highest BCUT2D eigenvalue weighted by atomic mass is 19.1. The van der Waals surface area contributed by atoms with Crippen molar-refractivity contribution in [1.82, 2.24) is 4.90 Å². The Morgan fingerprint density at radius 1 is 1.29 bits per heavy atom. The summed E-state index contributed by atoms with van der Waals surface area (Å²) in [4.78, 5) is 4.85. The zero-order valence-corrected chi connectivity index (χ0v) is 12.9. The first-order chi connectivity index (χ1) is 10.2. The van der Waals surface area contributed by atoms with Crippen molar-refractivity contribution in [3.63, 3.8) is 0 Å². The standard InChI is InChI=1S/C17H26FN3/c1-13-11-20-9-3-2-4-15(20)12-21(13)17-6-5-14(7-8-19)10-16(17)18/h5-6,10,13,15H,2-4,7-9,11-12,19H2,1H3. The Morgan fingerprint density at radius 2 is 2.14 bits per heavy atom. The molecule has 0 bridgehead atoms. The first kappa shape index (κ1) is 14.8. The number of nitrogens with zero attached hydrogens (tertiary/aromatic N) is 2. The molecule has 21 heavy (non-hydrogen) atoms. The maximum absolute atomic E-state index is 14.5. The summed E-state index contributed by atoms with van der Waals surface area (Å²) in [5.74, 6) is -0.0999. The number of rotatable bonds is 3. The van der Waals surface area contributed by atoms with E-state index in [-0.39, 0.29) is 5.82 Å². The van der Waals surface area contributed by atoms with Gasteiger partial charge in [0.2, 0.25) is 0 Å². The Hall–Kier alpha value is -1.13. The largest absolute Gasteiger partial charge is 0.364 e. The molecular weight excluding hydrogens is 265 g/mol. The number of hydrogen-bond acceptors (Lipinski definition) is 3. The van der Waals surface area contributed by atoms with E-state index in [0.717, 1.165) is 30.8 Å². The topological polar surface area (TPSA) is 32.5 Å². The molecule has 2 N–H and O–H groups in total. The van der Waals surface area contributed by atoms with Gasteiger partial charge in [-0.1, -0.05) is 12.5 Å². The van der Waals surface area contributed by atoms with Crippen LogP contribution in [0.5, 0.6) is 0 Å². The van der Waals surface area contributed by atoms with Gasteiger partial charge in [-0.25, -0.2) is 4.39 Å². The van der Waals surface area contributed by atoms with Gasteiger partial charge in [-0.3, -0.25) is 4.90 Å². The molecule has 2 fully saturated rings. The van der Waals surface area contributed by atoms with Crippen LogP contribution in [0.2, 0.25) is 0 Å². The molecule has 0 amide bonds. The minimum atomic E-state index is -0.0999. The molecule has 116 valence electrons. The van der Waals surface area contributed by atoms with Gasteiger partial charge in [0, 0.05) is 25.2 Å². The van der Waals surface area contributed by atoms with Gasteiger partial charge in [-0.2, -0.15) is 0 Å². The van der Waals surface area contributed by atoms with E-state index in [1.165, 1.54) is 25.8 Å². The van der Waals surface area contributed by atoms with Gasteiger partial charge in [0.15, 0.2) is 0 Å². The van der Waals surface area contributed by atoms with Crippen LogP contribution in [0.15, 0.2) is 18.2 Å². The van der Waals surface area contributed by atoms with Crippen LogP contribution in [0.1, 0.15) is 31.7 Å². The molecule has 0 aliphatic carbocycles. The van der Waals surface area contributed by atoms with Gasteiger partial charge in [0.05, 0.1) is 5.69 Å². The summed E-state index contributed by atoms with van der Waals surface area (Å²) in [5, 5.41) is 0. The molecule has 2 atom stereocenters. The van der Waals surface area contributed by atoms with E-state index < -0.39 is 0 Å². The van der Waals surface area contributed by atoms with E-state index in [1.54, 1.807) is 6.07 Å². The van der Waals surface area contributed by atoms with Crippen LogP contribution in [0, 0.1) is 5.82 Å². The van der Waals surface area contributed by atoms with E-state index in [0.29, 0.717) is 18.6 Å². The molecule has 0 aromatic heterocycles. The van der Waals surface area contributed by atoms with E-state index in [1.807, 2.05) is 12.1 Å². The molecule has 3 nitrogen and oxygen atoms in total. The predicted octanol–water partition coefficient (Wildman–Crippen LogP) is 2.39. The molecule has 4 heteroatoms. The number of halogens is 1. The smallest absolute Gasteiger partial charge is 0.146 e. The van der Waals surface area contributed by atoms with Crippen LogP contribution in [-0.2, 0) is 6.42 Å². The molecule has 2 saturated heterocycles. The lowest BCUT2D eigenvalue weighted by Crippen LogP contribution is -2.59. The zero-order valence-electron chi connectivity index (χ0n) is 12.9. The molecular formula is C17H26FN3. The second kappa shape index (κ2) is 6.32. The summed E-state index contributed by atoms with van der Waals surface area (Å²) in [5.41, 5.74) is 7.29. The highest BCUT2D eigenvalue weighted by molar-refractivity contribution is 5.51. The fraction of sp³-hybridized carbons (Fsp3) is 0.647. The lowest BCUT2D eigenvalue weighted by atomic mass is 9.96. The second-order valence-electron chi connectivity index (χ2n) is 6.47. The maximum Gasteiger partial charge on any atom is 0.146 e. The monoisotopic (exact) mass is 291 g/mol. The molecule has 2 aliphatic heterocycles. The fourth-order valence-corrected chi connectivity index (χ4v) is 3.79. The lowest BCUT2D eigenvalue weighted by molar-refractivity contribution is 0.115. The van der Waals surface area contributed by atoms with Crippen molar-refractivity contribution in [2.45, 2.75) is 44.7 Å². The summed E-state index contributed by atoms with van der Waals surface area (Å²) in [6, 6.07) is 6.58. The Morgan fingerprint density at radius 3 is 2.90 bits per heavy atom. The van der Waals surface area contributed by atoms with Crippen molar-refractivity contribution in [2.75, 3.05) is 31.1 Å². The number of piperidine rings is 1. The minimum Gasteiger partial charge on any atom is -0.364 e. The highest BCUT2D eigenvalue weighted by Gasteiger charge is 2.33. The SMILES string of the molecule is CC1CN2CCCCC2CN1c1ccc(CCN)cc1F. The van der Waals surface area contributed by atoms with Gasteiger partial charge in [-0.05, 0) is 57.0 Å². The van der Waals surface area contributed by atoms with Crippen molar-refractivity contribution in [3.8, 4) is 0 Å². The summed E-state index contributed by atoms with van der Waals surface area (Å²) in [6.45, 7) is 5.98. The second-order valence-corrected chi connectivity index (χ2v) is 6.47. The zero-order chi connectivity index (χ0) is 14.8. The average Bonchev–Trinajstić information content (AvgIpc) is 2.47. The number of benzene rings is 1. The van der Waals surface area contributed by atoms with Crippen molar-refractivity contribution in [3.05, 3.63) is 29.6 Å². The van der Waals surface area contributed by atoms with Gasteiger partial charge in [0.1, 0.15) is 5.82 Å². The Bertz CT molecular complexity index is 491. The molecule has 0 saturated carbocycles. The van der Waals surface area contributed by atoms with Crippen LogP contribution in [0.3, 0.4) is 0 Å². The Kier molecular flexibility index (Phi) is 4.45. The van der Waals surface area contributed by atoms with Crippen LogP contribution in [0.4, 0.5) is 10.1 Å². The van der Waals surface area contributed by atoms with Crippen LogP contribution in [0.25, 0.3) is 0 Å². The van der Waals surface area contributed by atoms with E-state index in [9.17, 15) is 4.39 Å². The maximum atomic E-state index is 14.5. The Labute approximate surface area is 126 Å². The van der Waals surface area contributed by atoms with Crippen LogP contribution >= 0.6 is 0 Å². The average molecular weight is 291 g/mol. The number of hydrogen-bond donors (Lipinski definition) is 1. The summed E-state index contributed by atoms with van der Waals surface area (Å²) < 4.78 is 14.5. The number of piperazine rings is 1. The van der Waals surface area contributed by atoms with Crippen molar-refractivity contribution in [1.29, 1.82) is 0 Å². The molecule has 0 spiro atoms. The third-order valence-electron chi connectivity index (χ3n) is 4.94. The van der Waals surface area contributed by atoms with Gasteiger partial charge < -0.3 is 10.6 Å². The number of fused-ring (bicyclic) bond motifs is 1. The molecule has 2 aliphatic rings. The van der Waals surface area contributed by atoms with Crippen LogP contribution < -0.4 is 10.6 Å². The predicted molar refractivity (Wildman–Crippen MR) is 85.2 cm³/mol. The van der Waals surface area contributed by atoms with Crippen molar-refractivity contribution >= 4 is 5.69 Å². The molecule has 1 aromatic carbocycles. The van der Waals surface area contributed by atoms with Crippen molar-refractivity contribution in [2.24, 2.45) is 5.73 Å². The third kappa shape index (κ3) is 3.06.